The lowest BCUT2D eigenvalue weighted by Crippen LogP contribution is -2.08. The van der Waals surface area contributed by atoms with Crippen LogP contribution in [0.25, 0.3) is 0 Å². The molecular formula is C14H15BrN2O3. The monoisotopic (exact) mass is 338 g/mol. The van der Waals surface area contributed by atoms with Crippen LogP contribution in [0.2, 0.25) is 0 Å². The molecule has 0 bridgehead atoms. The molecule has 0 amide bonds. The summed E-state index contributed by atoms with van der Waals surface area (Å²) < 4.78 is 13.9. The summed E-state index contributed by atoms with van der Waals surface area (Å²) in [5.41, 5.74) is 0.544. The molecule has 0 spiro atoms. The molecule has 0 saturated carbocycles. The normalized spacial score (nSPS) is 10.3. The first-order valence-corrected chi connectivity index (χ1v) is 7.04. The first kappa shape index (κ1) is 14.6. The number of hydrogen-bond acceptors (Lipinski definition) is 4. The molecule has 0 unspecified atom stereocenters. The van der Waals surface area contributed by atoms with Crippen molar-refractivity contribution in [3.05, 3.63) is 40.9 Å². The van der Waals surface area contributed by atoms with Gasteiger partial charge in [0.15, 0.2) is 11.5 Å². The molecule has 106 valence electrons. The molecule has 2 aromatic rings. The molecule has 0 N–H and O–H groups in total. The zero-order chi connectivity index (χ0) is 14.4. The number of halogens is 1. The van der Waals surface area contributed by atoms with E-state index >= 15 is 0 Å². The Labute approximate surface area is 125 Å². The second-order valence-corrected chi connectivity index (χ2v) is 4.88. The summed E-state index contributed by atoms with van der Waals surface area (Å²) >= 11 is 3.40. The maximum absolute atomic E-state index is 10.9. The first-order valence-electron chi connectivity index (χ1n) is 6.24. The molecule has 5 nitrogen and oxygen atoms in total. The summed E-state index contributed by atoms with van der Waals surface area (Å²) in [6.07, 6.45) is 6.11. The number of ether oxygens (including phenoxy) is 2. The molecule has 0 radical (unpaired) electrons. The lowest BCUT2D eigenvalue weighted by molar-refractivity contribution is 0.112. The molecule has 2 rings (SSSR count). The molecule has 0 saturated heterocycles. The number of aromatic nitrogens is 2. The van der Waals surface area contributed by atoms with Gasteiger partial charge in [0.05, 0.1) is 24.0 Å². The van der Waals surface area contributed by atoms with Crippen LogP contribution in [-0.4, -0.2) is 29.1 Å². The van der Waals surface area contributed by atoms with Gasteiger partial charge in [0.2, 0.25) is 0 Å². The standard InChI is InChI=1S/C14H15BrN2O3/c1-2-19-13-8-11(9-18)7-12(15)14(13)20-6-5-17-4-3-16-10-17/h3-4,7-10H,2,5-6H2,1H3. The smallest absolute Gasteiger partial charge is 0.175 e. The van der Waals surface area contributed by atoms with Gasteiger partial charge in [-0.1, -0.05) is 0 Å². The number of aldehydes is 1. The van der Waals surface area contributed by atoms with Gasteiger partial charge in [-0.2, -0.15) is 0 Å². The maximum atomic E-state index is 10.9. The van der Waals surface area contributed by atoms with Crippen LogP contribution in [-0.2, 0) is 6.54 Å². The molecule has 0 aliphatic rings. The molecule has 6 heteroatoms. The number of hydrogen-bond donors (Lipinski definition) is 0. The van der Waals surface area contributed by atoms with Crippen LogP contribution in [0.3, 0.4) is 0 Å². The third-order valence-electron chi connectivity index (χ3n) is 2.62. The van der Waals surface area contributed by atoms with Crippen molar-refractivity contribution in [1.82, 2.24) is 9.55 Å². The summed E-state index contributed by atoms with van der Waals surface area (Å²) in [7, 11) is 0. The number of carbonyl (C=O) groups is 1. The number of imidazole rings is 1. The van der Waals surface area contributed by atoms with Gasteiger partial charge >= 0.3 is 0 Å². The van der Waals surface area contributed by atoms with E-state index in [1.165, 1.54) is 0 Å². The maximum Gasteiger partial charge on any atom is 0.175 e. The molecule has 1 aromatic carbocycles. The predicted molar refractivity (Wildman–Crippen MR) is 78.4 cm³/mol. The lowest BCUT2D eigenvalue weighted by Gasteiger charge is -2.14. The summed E-state index contributed by atoms with van der Waals surface area (Å²) in [5.74, 6) is 1.17. The lowest BCUT2D eigenvalue weighted by atomic mass is 10.2. The Balaban J connectivity index is 2.10. The van der Waals surface area contributed by atoms with Gasteiger partial charge < -0.3 is 14.0 Å². The third kappa shape index (κ3) is 3.60. The zero-order valence-corrected chi connectivity index (χ0v) is 12.7. The predicted octanol–water partition coefficient (Wildman–Crippen LogP) is 2.94. The first-order chi connectivity index (χ1) is 9.74. The Morgan fingerprint density at radius 3 is 2.90 bits per heavy atom. The second kappa shape index (κ2) is 7.09. The summed E-state index contributed by atoms with van der Waals surface area (Å²) in [6, 6.07) is 3.38. The summed E-state index contributed by atoms with van der Waals surface area (Å²) in [6.45, 7) is 3.56. The second-order valence-electron chi connectivity index (χ2n) is 4.03. The van der Waals surface area contributed by atoms with E-state index in [1.54, 1.807) is 24.7 Å². The number of rotatable bonds is 7. The van der Waals surface area contributed by atoms with Crippen LogP contribution in [0.1, 0.15) is 17.3 Å². The Hall–Kier alpha value is -1.82. The van der Waals surface area contributed by atoms with Crippen LogP contribution in [0.15, 0.2) is 35.3 Å². The van der Waals surface area contributed by atoms with Gasteiger partial charge in [-0.3, -0.25) is 4.79 Å². The van der Waals surface area contributed by atoms with E-state index in [0.717, 1.165) is 6.29 Å². The van der Waals surface area contributed by atoms with E-state index in [9.17, 15) is 4.79 Å². The van der Waals surface area contributed by atoms with E-state index in [-0.39, 0.29) is 0 Å². The molecule has 1 heterocycles. The molecule has 0 aliphatic heterocycles. The Bertz CT molecular complexity index is 570. The Morgan fingerprint density at radius 1 is 1.40 bits per heavy atom. The van der Waals surface area contributed by atoms with Gasteiger partial charge in [-0.15, -0.1) is 0 Å². The number of carbonyl (C=O) groups excluding carboxylic acids is 1. The van der Waals surface area contributed by atoms with Crippen LogP contribution in [0, 0.1) is 0 Å². The van der Waals surface area contributed by atoms with E-state index in [1.807, 2.05) is 17.7 Å². The van der Waals surface area contributed by atoms with Crippen molar-refractivity contribution in [2.45, 2.75) is 13.5 Å². The van der Waals surface area contributed by atoms with E-state index in [2.05, 4.69) is 20.9 Å². The van der Waals surface area contributed by atoms with Crippen molar-refractivity contribution in [3.63, 3.8) is 0 Å². The van der Waals surface area contributed by atoms with Crippen molar-refractivity contribution in [1.29, 1.82) is 0 Å². The van der Waals surface area contributed by atoms with Gasteiger partial charge in [-0.05, 0) is 35.0 Å². The molecule has 0 atom stereocenters. The largest absolute Gasteiger partial charge is 0.490 e. The average Bonchev–Trinajstić information content (AvgIpc) is 2.95. The minimum atomic E-state index is 0.482. The van der Waals surface area contributed by atoms with E-state index in [4.69, 9.17) is 9.47 Å². The molecular weight excluding hydrogens is 324 g/mol. The summed E-state index contributed by atoms with van der Waals surface area (Å²) in [4.78, 5) is 14.8. The highest BCUT2D eigenvalue weighted by Crippen LogP contribution is 2.36. The average molecular weight is 339 g/mol. The topological polar surface area (TPSA) is 53.4 Å². The van der Waals surface area contributed by atoms with Crippen molar-refractivity contribution < 1.29 is 14.3 Å². The fourth-order valence-electron chi connectivity index (χ4n) is 1.73. The van der Waals surface area contributed by atoms with Crippen molar-refractivity contribution in [3.8, 4) is 11.5 Å². The highest BCUT2D eigenvalue weighted by atomic mass is 79.9. The molecule has 0 fully saturated rings. The van der Waals surface area contributed by atoms with E-state index in [0.29, 0.717) is 41.3 Å². The van der Waals surface area contributed by atoms with Crippen molar-refractivity contribution in [2.75, 3.05) is 13.2 Å². The Kier molecular flexibility index (Phi) is 5.17. The fourth-order valence-corrected chi connectivity index (χ4v) is 2.31. The van der Waals surface area contributed by atoms with E-state index < -0.39 is 0 Å². The number of benzene rings is 1. The number of nitrogens with zero attached hydrogens (tertiary/aromatic N) is 2. The Morgan fingerprint density at radius 2 is 2.25 bits per heavy atom. The van der Waals surface area contributed by atoms with Crippen LogP contribution in [0.5, 0.6) is 11.5 Å². The van der Waals surface area contributed by atoms with Crippen LogP contribution < -0.4 is 9.47 Å². The molecule has 1 aromatic heterocycles. The highest BCUT2D eigenvalue weighted by molar-refractivity contribution is 9.10. The van der Waals surface area contributed by atoms with Crippen molar-refractivity contribution >= 4 is 22.2 Å². The minimum absolute atomic E-state index is 0.482. The van der Waals surface area contributed by atoms with Gasteiger partial charge in [0, 0.05) is 18.0 Å². The van der Waals surface area contributed by atoms with Gasteiger partial charge in [-0.25, -0.2) is 4.98 Å². The zero-order valence-electron chi connectivity index (χ0n) is 11.1. The highest BCUT2D eigenvalue weighted by Gasteiger charge is 2.12. The fraction of sp³-hybridized carbons (Fsp3) is 0.286. The van der Waals surface area contributed by atoms with Gasteiger partial charge in [0.1, 0.15) is 12.9 Å². The quantitative estimate of drug-likeness (QED) is 0.728. The van der Waals surface area contributed by atoms with Crippen LogP contribution in [0.4, 0.5) is 0 Å². The molecule has 20 heavy (non-hydrogen) atoms. The minimum Gasteiger partial charge on any atom is -0.490 e. The van der Waals surface area contributed by atoms with Crippen LogP contribution >= 0.6 is 15.9 Å². The third-order valence-corrected chi connectivity index (χ3v) is 3.21. The van der Waals surface area contributed by atoms with Gasteiger partial charge in [0.25, 0.3) is 0 Å². The summed E-state index contributed by atoms with van der Waals surface area (Å²) in [5, 5.41) is 0. The molecule has 0 aliphatic carbocycles. The SMILES string of the molecule is CCOc1cc(C=O)cc(Br)c1OCCn1ccnc1. The van der Waals surface area contributed by atoms with Crippen molar-refractivity contribution in [2.24, 2.45) is 0 Å².